The fourth-order valence-electron chi connectivity index (χ4n) is 8.09. The van der Waals surface area contributed by atoms with Crippen LogP contribution < -0.4 is 0 Å². The Morgan fingerprint density at radius 2 is 1.08 bits per heavy atom. The van der Waals surface area contributed by atoms with Crippen molar-refractivity contribution in [3.8, 4) is 44.6 Å². The van der Waals surface area contributed by atoms with Crippen LogP contribution >= 0.6 is 11.3 Å². The molecule has 0 bridgehead atoms. The Morgan fingerprint density at radius 1 is 0.404 bits per heavy atom. The smallest absolute Gasteiger partial charge is 0.136 e. The van der Waals surface area contributed by atoms with Gasteiger partial charge in [-0.2, -0.15) is 0 Å². The summed E-state index contributed by atoms with van der Waals surface area (Å²) in [6.45, 7) is 0. The lowest BCUT2D eigenvalue weighted by molar-refractivity contribution is 0.669. The van der Waals surface area contributed by atoms with E-state index in [2.05, 4.69) is 170 Å². The zero-order chi connectivity index (χ0) is 34.2. The van der Waals surface area contributed by atoms with E-state index in [1.54, 1.807) is 0 Å². The van der Waals surface area contributed by atoms with E-state index >= 15 is 0 Å². The normalized spacial score (nSPS) is 11.8. The van der Waals surface area contributed by atoms with Crippen LogP contribution in [0.4, 0.5) is 0 Å². The van der Waals surface area contributed by atoms with Crippen LogP contribution in [0.2, 0.25) is 0 Å². The van der Waals surface area contributed by atoms with E-state index in [9.17, 15) is 0 Å². The summed E-state index contributed by atoms with van der Waals surface area (Å²) in [4.78, 5) is 5.25. The maximum Gasteiger partial charge on any atom is 0.136 e. The molecule has 3 heterocycles. The van der Waals surface area contributed by atoms with Crippen LogP contribution in [0.5, 0.6) is 0 Å². The van der Waals surface area contributed by atoms with Crippen molar-refractivity contribution >= 4 is 75.1 Å². The molecular weight excluding hydrogens is 651 g/mol. The summed E-state index contributed by atoms with van der Waals surface area (Å²) in [6.07, 6.45) is 0. The highest BCUT2D eigenvalue weighted by Crippen LogP contribution is 2.47. The summed E-state index contributed by atoms with van der Waals surface area (Å²) in [6, 6.07) is 63.0. The lowest BCUT2D eigenvalue weighted by Crippen LogP contribution is -1.93. The molecule has 0 saturated heterocycles. The highest BCUT2D eigenvalue weighted by atomic mass is 32.1. The minimum atomic E-state index is 0.866. The Balaban J connectivity index is 1.12. The summed E-state index contributed by atoms with van der Waals surface area (Å²) in [5.41, 5.74) is 12.0. The lowest BCUT2D eigenvalue weighted by Gasteiger charge is -2.16. The SMILES string of the molecule is c1ccc(-c2nc3ccccc3c3c(-c4ccc(-c5cccc(-c6cccc7c6sc6ccccc67)c5)cc4)c4c(cc23)oc2ccccc24)cc1. The number of hydrogen-bond donors (Lipinski definition) is 0. The molecule has 0 aliphatic rings. The van der Waals surface area contributed by atoms with Crippen molar-refractivity contribution in [3.63, 3.8) is 0 Å². The van der Waals surface area contributed by atoms with E-state index < -0.39 is 0 Å². The van der Waals surface area contributed by atoms with E-state index in [0.29, 0.717) is 0 Å². The highest BCUT2D eigenvalue weighted by Gasteiger charge is 2.21. The molecule has 11 aromatic rings. The van der Waals surface area contributed by atoms with Crippen LogP contribution in [0.1, 0.15) is 0 Å². The van der Waals surface area contributed by atoms with Gasteiger partial charge < -0.3 is 4.42 Å². The summed E-state index contributed by atoms with van der Waals surface area (Å²) >= 11 is 1.88. The molecule has 242 valence electrons. The van der Waals surface area contributed by atoms with E-state index in [0.717, 1.165) is 55.0 Å². The highest BCUT2D eigenvalue weighted by molar-refractivity contribution is 7.26. The molecule has 0 saturated carbocycles. The molecule has 52 heavy (non-hydrogen) atoms. The second-order valence-electron chi connectivity index (χ2n) is 13.4. The fourth-order valence-corrected chi connectivity index (χ4v) is 9.33. The van der Waals surface area contributed by atoms with Gasteiger partial charge in [-0.3, -0.25) is 0 Å². The summed E-state index contributed by atoms with van der Waals surface area (Å²) in [7, 11) is 0. The Labute approximate surface area is 303 Å². The number of aromatic nitrogens is 1. The minimum Gasteiger partial charge on any atom is -0.456 e. The summed E-state index contributed by atoms with van der Waals surface area (Å²) in [5, 5.41) is 8.29. The number of pyridine rings is 1. The quantitative estimate of drug-likeness (QED) is 0.173. The number of furan rings is 1. The first-order chi connectivity index (χ1) is 25.8. The largest absolute Gasteiger partial charge is 0.456 e. The zero-order valence-corrected chi connectivity index (χ0v) is 28.8. The molecular formula is C49H29NOS. The van der Waals surface area contributed by atoms with Crippen molar-refractivity contribution in [2.75, 3.05) is 0 Å². The van der Waals surface area contributed by atoms with Crippen LogP contribution in [-0.4, -0.2) is 4.98 Å². The number of hydrogen-bond acceptors (Lipinski definition) is 3. The van der Waals surface area contributed by atoms with Gasteiger partial charge in [0.2, 0.25) is 0 Å². The van der Waals surface area contributed by atoms with Crippen LogP contribution in [0.15, 0.2) is 180 Å². The Kier molecular flexibility index (Phi) is 6.46. The average molecular weight is 680 g/mol. The second-order valence-corrected chi connectivity index (χ2v) is 14.5. The standard InChI is InChI=1S/C49H29NOS/c1-2-12-32(13-3-1)48-40-29-43-47(39-18-5-8-22-42(39)51-43)45(46(40)38-17-4-7-21-41(38)50-48)31-26-24-30(25-27-31)33-14-10-15-34(28-33)35-19-11-20-37-36-16-6-9-23-44(36)52-49(35)37/h1-29H. The molecule has 0 spiro atoms. The first kappa shape index (κ1) is 29.2. The number of fused-ring (bicyclic) bond motifs is 9. The van der Waals surface area contributed by atoms with Gasteiger partial charge in [0.25, 0.3) is 0 Å². The van der Waals surface area contributed by atoms with Crippen molar-refractivity contribution in [1.82, 2.24) is 4.98 Å². The number of benzene rings is 8. The van der Waals surface area contributed by atoms with Crippen molar-refractivity contribution in [2.45, 2.75) is 0 Å². The van der Waals surface area contributed by atoms with Crippen LogP contribution in [0.3, 0.4) is 0 Å². The molecule has 0 N–H and O–H groups in total. The van der Waals surface area contributed by atoms with Gasteiger partial charge in [0.15, 0.2) is 0 Å². The topological polar surface area (TPSA) is 26.0 Å². The van der Waals surface area contributed by atoms with Crippen molar-refractivity contribution in [2.24, 2.45) is 0 Å². The maximum absolute atomic E-state index is 6.60. The van der Waals surface area contributed by atoms with Gasteiger partial charge in [-0.25, -0.2) is 4.98 Å². The molecule has 0 radical (unpaired) electrons. The third-order valence-electron chi connectivity index (χ3n) is 10.5. The van der Waals surface area contributed by atoms with Gasteiger partial charge in [-0.05, 0) is 58.1 Å². The number of rotatable bonds is 4. The molecule has 0 fully saturated rings. The molecule has 3 aromatic heterocycles. The number of nitrogens with zero attached hydrogens (tertiary/aromatic N) is 1. The second kappa shape index (κ2) is 11.5. The molecule has 0 aliphatic carbocycles. The van der Waals surface area contributed by atoms with E-state index in [4.69, 9.17) is 9.40 Å². The first-order valence-corrected chi connectivity index (χ1v) is 18.4. The van der Waals surface area contributed by atoms with Gasteiger partial charge in [-0.15, -0.1) is 11.3 Å². The van der Waals surface area contributed by atoms with Crippen LogP contribution in [0.25, 0.3) is 108 Å². The van der Waals surface area contributed by atoms with Crippen molar-refractivity contribution < 1.29 is 4.42 Å². The fraction of sp³-hybridized carbons (Fsp3) is 0. The summed E-state index contributed by atoms with van der Waals surface area (Å²) in [5.74, 6) is 0. The predicted octanol–water partition coefficient (Wildman–Crippen LogP) is 14.3. The Hall–Kier alpha value is -6.55. The Bertz CT molecular complexity index is 3170. The molecule has 3 heteroatoms. The zero-order valence-electron chi connectivity index (χ0n) is 28.0. The van der Waals surface area contributed by atoms with Gasteiger partial charge in [0.1, 0.15) is 11.2 Å². The van der Waals surface area contributed by atoms with E-state index in [1.165, 1.54) is 53.4 Å². The van der Waals surface area contributed by atoms with Gasteiger partial charge in [-0.1, -0.05) is 146 Å². The summed E-state index contributed by atoms with van der Waals surface area (Å²) < 4.78 is 9.25. The molecule has 2 nitrogen and oxygen atoms in total. The van der Waals surface area contributed by atoms with Crippen molar-refractivity contribution in [1.29, 1.82) is 0 Å². The molecule has 11 rings (SSSR count). The molecule has 0 amide bonds. The maximum atomic E-state index is 6.60. The van der Waals surface area contributed by atoms with Crippen LogP contribution in [-0.2, 0) is 0 Å². The third-order valence-corrected chi connectivity index (χ3v) is 11.7. The van der Waals surface area contributed by atoms with Crippen LogP contribution in [0, 0.1) is 0 Å². The molecule has 0 aliphatic heterocycles. The number of thiophene rings is 1. The first-order valence-electron chi connectivity index (χ1n) is 17.6. The third kappa shape index (κ3) is 4.46. The Morgan fingerprint density at radius 3 is 1.96 bits per heavy atom. The monoisotopic (exact) mass is 679 g/mol. The minimum absolute atomic E-state index is 0.866. The average Bonchev–Trinajstić information content (AvgIpc) is 3.78. The lowest BCUT2D eigenvalue weighted by atomic mass is 9.89. The van der Waals surface area contributed by atoms with E-state index in [1.807, 2.05) is 17.4 Å². The van der Waals surface area contributed by atoms with E-state index in [-0.39, 0.29) is 0 Å². The molecule has 8 aromatic carbocycles. The molecule has 0 atom stereocenters. The van der Waals surface area contributed by atoms with Gasteiger partial charge >= 0.3 is 0 Å². The van der Waals surface area contributed by atoms with Crippen molar-refractivity contribution in [3.05, 3.63) is 176 Å². The van der Waals surface area contributed by atoms with Gasteiger partial charge in [0, 0.05) is 58.2 Å². The predicted molar refractivity (Wildman–Crippen MR) is 221 cm³/mol. The van der Waals surface area contributed by atoms with Gasteiger partial charge in [0.05, 0.1) is 11.2 Å². The molecule has 0 unspecified atom stereocenters. The number of para-hydroxylation sites is 2.